The van der Waals surface area contributed by atoms with Gasteiger partial charge in [-0.1, -0.05) is 18.0 Å². The number of nitrogens with zero attached hydrogens (tertiary/aromatic N) is 2. The van der Waals surface area contributed by atoms with E-state index >= 15 is 0 Å². The lowest BCUT2D eigenvalue weighted by molar-refractivity contribution is -0.143. The summed E-state index contributed by atoms with van der Waals surface area (Å²) in [5.41, 5.74) is -0.672. The van der Waals surface area contributed by atoms with Crippen LogP contribution in [0.25, 0.3) is 0 Å². The molecule has 1 aromatic heterocycles. The van der Waals surface area contributed by atoms with Crippen LogP contribution >= 0.6 is 11.6 Å². The first-order valence-electron chi connectivity index (χ1n) is 6.66. The summed E-state index contributed by atoms with van der Waals surface area (Å²) in [5.74, 6) is 0. The van der Waals surface area contributed by atoms with Crippen molar-refractivity contribution < 1.29 is 13.2 Å². The highest BCUT2D eigenvalue weighted by Gasteiger charge is 2.30. The molecule has 5 nitrogen and oxygen atoms in total. The quantitative estimate of drug-likeness (QED) is 0.893. The molecule has 0 saturated carbocycles. The fraction of sp³-hybridized carbons (Fsp3) is 0.667. The molecule has 1 unspecified atom stereocenters. The fourth-order valence-electron chi connectivity index (χ4n) is 2.21. The lowest BCUT2D eigenvalue weighted by Crippen LogP contribution is -2.34. The normalized spacial score (nSPS) is 20.1. The van der Waals surface area contributed by atoms with Gasteiger partial charge in [0.05, 0.1) is 11.9 Å². The molecule has 1 aromatic rings. The molecule has 0 bridgehead atoms. The summed E-state index contributed by atoms with van der Waals surface area (Å²) in [5, 5.41) is 9.57. The van der Waals surface area contributed by atoms with Crippen LogP contribution in [0.2, 0.25) is 5.02 Å². The molecule has 118 valence electrons. The Morgan fingerprint density at radius 1 is 1.48 bits per heavy atom. The van der Waals surface area contributed by atoms with Crippen molar-refractivity contribution in [3.8, 4) is 0 Å². The Hall–Kier alpha value is -1.28. The first kappa shape index (κ1) is 16.1. The van der Waals surface area contributed by atoms with E-state index in [9.17, 15) is 18.0 Å². The minimum absolute atomic E-state index is 0.0738. The topological polar surface area (TPSA) is 59.0 Å². The number of anilines is 1. The highest BCUT2D eigenvalue weighted by Crippen LogP contribution is 2.20. The highest BCUT2D eigenvalue weighted by molar-refractivity contribution is 6.32. The fourth-order valence-corrected chi connectivity index (χ4v) is 2.41. The molecule has 2 heterocycles. The van der Waals surface area contributed by atoms with E-state index in [-0.39, 0.29) is 16.8 Å². The van der Waals surface area contributed by atoms with Crippen molar-refractivity contribution in [3.05, 3.63) is 21.6 Å². The van der Waals surface area contributed by atoms with Crippen molar-refractivity contribution in [2.45, 2.75) is 38.0 Å². The van der Waals surface area contributed by atoms with Gasteiger partial charge < -0.3 is 10.6 Å². The van der Waals surface area contributed by atoms with Crippen LogP contribution in [0.1, 0.15) is 19.3 Å². The zero-order valence-electron chi connectivity index (χ0n) is 11.2. The number of halogens is 4. The third-order valence-electron chi connectivity index (χ3n) is 3.22. The van der Waals surface area contributed by atoms with Crippen molar-refractivity contribution in [2.24, 2.45) is 0 Å². The Morgan fingerprint density at radius 2 is 2.24 bits per heavy atom. The molecule has 9 heteroatoms. The molecular formula is C12H16ClF3N4O. The van der Waals surface area contributed by atoms with Crippen LogP contribution in [-0.2, 0) is 6.54 Å². The van der Waals surface area contributed by atoms with E-state index in [1.54, 1.807) is 0 Å². The van der Waals surface area contributed by atoms with Gasteiger partial charge >= 0.3 is 6.18 Å². The Bertz CT molecular complexity index is 538. The van der Waals surface area contributed by atoms with Gasteiger partial charge in [-0.25, -0.2) is 4.68 Å². The van der Waals surface area contributed by atoms with Gasteiger partial charge in [-0.2, -0.15) is 18.3 Å². The third-order valence-corrected chi connectivity index (χ3v) is 3.59. The SMILES string of the molecule is O=c1c(Cl)c(NC2CCCCNC2)cnn1CC(F)(F)F. The summed E-state index contributed by atoms with van der Waals surface area (Å²) in [4.78, 5) is 11.8. The van der Waals surface area contributed by atoms with Crippen molar-refractivity contribution in [2.75, 3.05) is 18.4 Å². The van der Waals surface area contributed by atoms with Gasteiger partial charge in [-0.15, -0.1) is 0 Å². The molecule has 0 amide bonds. The van der Waals surface area contributed by atoms with E-state index in [0.29, 0.717) is 11.2 Å². The maximum Gasteiger partial charge on any atom is 0.408 e. The molecule has 2 rings (SSSR count). The molecule has 1 fully saturated rings. The molecule has 0 aromatic carbocycles. The lowest BCUT2D eigenvalue weighted by atomic mass is 10.1. The number of alkyl halides is 3. The van der Waals surface area contributed by atoms with E-state index in [0.717, 1.165) is 25.8 Å². The second-order valence-corrected chi connectivity index (χ2v) is 5.37. The standard InChI is InChI=1S/C12H16ClF3N4O/c13-10-9(19-8-3-1-2-4-17-5-8)6-18-20(11(10)21)7-12(14,15)16/h6,8,17,19H,1-5,7H2. The number of rotatable bonds is 3. The second kappa shape index (κ2) is 6.65. The summed E-state index contributed by atoms with van der Waals surface area (Å²) < 4.78 is 37.2. The van der Waals surface area contributed by atoms with Crippen molar-refractivity contribution in [3.63, 3.8) is 0 Å². The van der Waals surface area contributed by atoms with Gasteiger partial charge in [0.25, 0.3) is 5.56 Å². The van der Waals surface area contributed by atoms with Gasteiger partial charge in [-0.05, 0) is 19.4 Å². The number of hydrogen-bond acceptors (Lipinski definition) is 4. The molecule has 2 N–H and O–H groups in total. The summed E-state index contributed by atoms with van der Waals surface area (Å²) in [6.07, 6.45) is -0.353. The zero-order valence-corrected chi connectivity index (χ0v) is 12.0. The molecule has 0 spiro atoms. The predicted molar refractivity (Wildman–Crippen MR) is 73.7 cm³/mol. The van der Waals surface area contributed by atoms with Gasteiger partial charge in [0.15, 0.2) is 0 Å². The first-order valence-corrected chi connectivity index (χ1v) is 7.04. The molecule has 1 aliphatic heterocycles. The molecule has 0 aliphatic carbocycles. The van der Waals surface area contributed by atoms with E-state index in [2.05, 4.69) is 15.7 Å². The van der Waals surface area contributed by atoms with E-state index in [1.807, 2.05) is 0 Å². The van der Waals surface area contributed by atoms with E-state index < -0.39 is 18.3 Å². The largest absolute Gasteiger partial charge is 0.408 e. The summed E-state index contributed by atoms with van der Waals surface area (Å²) >= 11 is 5.86. The number of nitrogens with one attached hydrogen (secondary N) is 2. The Morgan fingerprint density at radius 3 is 2.95 bits per heavy atom. The van der Waals surface area contributed by atoms with E-state index in [1.165, 1.54) is 6.20 Å². The smallest absolute Gasteiger partial charge is 0.378 e. The molecular weight excluding hydrogens is 309 g/mol. The number of aromatic nitrogens is 2. The van der Waals surface area contributed by atoms with Gasteiger partial charge in [0.2, 0.25) is 0 Å². The zero-order chi connectivity index (χ0) is 15.5. The summed E-state index contributed by atoms with van der Waals surface area (Å²) in [7, 11) is 0. The lowest BCUT2D eigenvalue weighted by Gasteiger charge is -2.18. The third kappa shape index (κ3) is 4.60. The average Bonchev–Trinajstić information content (AvgIpc) is 2.66. The molecule has 1 saturated heterocycles. The van der Waals surface area contributed by atoms with Crippen LogP contribution in [0, 0.1) is 0 Å². The van der Waals surface area contributed by atoms with Crippen LogP contribution in [-0.4, -0.2) is 35.1 Å². The van der Waals surface area contributed by atoms with Gasteiger partial charge in [0.1, 0.15) is 11.6 Å². The number of hydrogen-bond donors (Lipinski definition) is 2. The Labute approximate surface area is 124 Å². The second-order valence-electron chi connectivity index (χ2n) is 4.99. The minimum atomic E-state index is -4.51. The van der Waals surface area contributed by atoms with Crippen LogP contribution < -0.4 is 16.2 Å². The maximum atomic E-state index is 12.3. The Kier molecular flexibility index (Phi) is 5.10. The highest BCUT2D eigenvalue weighted by atomic mass is 35.5. The summed E-state index contributed by atoms with van der Waals surface area (Å²) in [6, 6.07) is 0.0738. The van der Waals surface area contributed by atoms with Crippen molar-refractivity contribution >= 4 is 17.3 Å². The molecule has 1 atom stereocenters. The van der Waals surface area contributed by atoms with Crippen molar-refractivity contribution in [1.82, 2.24) is 15.1 Å². The van der Waals surface area contributed by atoms with Crippen LogP contribution in [0.4, 0.5) is 18.9 Å². The molecule has 1 aliphatic rings. The van der Waals surface area contributed by atoms with Crippen molar-refractivity contribution in [1.29, 1.82) is 0 Å². The first-order chi connectivity index (χ1) is 9.87. The molecule has 21 heavy (non-hydrogen) atoms. The van der Waals surface area contributed by atoms with Crippen LogP contribution in [0.5, 0.6) is 0 Å². The Balaban J connectivity index is 2.14. The molecule has 0 radical (unpaired) electrons. The van der Waals surface area contributed by atoms with Gasteiger partial charge in [0, 0.05) is 12.6 Å². The average molecular weight is 325 g/mol. The minimum Gasteiger partial charge on any atom is -0.378 e. The predicted octanol–water partition coefficient (Wildman–Crippen LogP) is 2.01. The maximum absolute atomic E-state index is 12.3. The van der Waals surface area contributed by atoms with Crippen LogP contribution in [0.15, 0.2) is 11.0 Å². The summed E-state index contributed by atoms with van der Waals surface area (Å²) in [6.45, 7) is 0.191. The van der Waals surface area contributed by atoms with Crippen LogP contribution in [0.3, 0.4) is 0 Å². The monoisotopic (exact) mass is 324 g/mol. The van der Waals surface area contributed by atoms with E-state index in [4.69, 9.17) is 11.6 Å². The van der Waals surface area contributed by atoms with Gasteiger partial charge in [-0.3, -0.25) is 4.79 Å².